The zero-order valence-electron chi connectivity index (χ0n) is 13.1. The first-order chi connectivity index (χ1) is 11.3. The summed E-state index contributed by atoms with van der Waals surface area (Å²) in [7, 11) is 1.68. The highest BCUT2D eigenvalue weighted by Crippen LogP contribution is 2.25. The number of methoxy groups -OCH3 is 1. The van der Waals surface area contributed by atoms with Crippen LogP contribution in [0.1, 0.15) is 0 Å². The maximum atomic E-state index is 5.42. The Labute approximate surface area is 135 Å². The molecule has 1 saturated heterocycles. The second-order valence-corrected chi connectivity index (χ2v) is 5.59. The standard InChI is InChI=1S/C18H19N3O2/c1-22-16-5-2-14(3-6-16)21-13-19-17-12-15(4-7-18(17)21)20-8-10-23-11-9-20/h2-7,12-13H,8-11H2,1H3. The molecule has 4 rings (SSSR count). The SMILES string of the molecule is COc1ccc(-n2cnc3cc(N4CCOCC4)ccc32)cc1. The summed E-state index contributed by atoms with van der Waals surface area (Å²) in [5.74, 6) is 0.854. The molecule has 2 heterocycles. The molecule has 0 atom stereocenters. The number of nitrogens with zero attached hydrogens (tertiary/aromatic N) is 3. The molecule has 1 aromatic heterocycles. The lowest BCUT2D eigenvalue weighted by atomic mass is 10.2. The lowest BCUT2D eigenvalue weighted by Crippen LogP contribution is -2.36. The second kappa shape index (κ2) is 5.93. The van der Waals surface area contributed by atoms with Gasteiger partial charge in [-0.2, -0.15) is 0 Å². The van der Waals surface area contributed by atoms with E-state index < -0.39 is 0 Å². The Balaban J connectivity index is 1.69. The molecule has 0 N–H and O–H groups in total. The minimum absolute atomic E-state index is 0.790. The van der Waals surface area contributed by atoms with Crippen molar-refractivity contribution in [2.45, 2.75) is 0 Å². The molecular weight excluding hydrogens is 290 g/mol. The van der Waals surface area contributed by atoms with Crippen molar-refractivity contribution < 1.29 is 9.47 Å². The molecule has 0 radical (unpaired) electrons. The summed E-state index contributed by atoms with van der Waals surface area (Å²) in [5.41, 5.74) is 4.39. The van der Waals surface area contributed by atoms with Crippen molar-refractivity contribution in [3.05, 3.63) is 48.8 Å². The van der Waals surface area contributed by atoms with E-state index in [-0.39, 0.29) is 0 Å². The first-order valence-corrected chi connectivity index (χ1v) is 7.79. The van der Waals surface area contributed by atoms with E-state index in [1.54, 1.807) is 7.11 Å². The largest absolute Gasteiger partial charge is 0.497 e. The highest BCUT2D eigenvalue weighted by Gasteiger charge is 2.13. The van der Waals surface area contributed by atoms with Crippen molar-refractivity contribution in [2.75, 3.05) is 38.3 Å². The van der Waals surface area contributed by atoms with Gasteiger partial charge in [0, 0.05) is 24.5 Å². The van der Waals surface area contributed by atoms with E-state index in [2.05, 4.69) is 32.7 Å². The third-order valence-electron chi connectivity index (χ3n) is 4.26. The highest BCUT2D eigenvalue weighted by atomic mass is 16.5. The molecule has 0 saturated carbocycles. The summed E-state index contributed by atoms with van der Waals surface area (Å²) in [6.45, 7) is 3.45. The van der Waals surface area contributed by atoms with Crippen molar-refractivity contribution in [3.8, 4) is 11.4 Å². The van der Waals surface area contributed by atoms with Crippen molar-refractivity contribution in [3.63, 3.8) is 0 Å². The third-order valence-corrected chi connectivity index (χ3v) is 4.26. The predicted molar refractivity (Wildman–Crippen MR) is 90.7 cm³/mol. The normalized spacial score (nSPS) is 15.1. The summed E-state index contributed by atoms with van der Waals surface area (Å²) in [6, 6.07) is 14.5. The van der Waals surface area contributed by atoms with Gasteiger partial charge in [0.25, 0.3) is 0 Å². The minimum atomic E-state index is 0.790. The van der Waals surface area contributed by atoms with Gasteiger partial charge in [-0.15, -0.1) is 0 Å². The van der Waals surface area contributed by atoms with Gasteiger partial charge in [0.05, 0.1) is 31.4 Å². The van der Waals surface area contributed by atoms with Gasteiger partial charge in [0.15, 0.2) is 0 Å². The topological polar surface area (TPSA) is 39.5 Å². The Bertz CT molecular complexity index is 805. The molecule has 3 aromatic rings. The fourth-order valence-corrected chi connectivity index (χ4v) is 2.97. The van der Waals surface area contributed by atoms with Crippen LogP contribution < -0.4 is 9.64 Å². The molecule has 118 valence electrons. The number of imidazole rings is 1. The van der Waals surface area contributed by atoms with Crippen LogP contribution in [0, 0.1) is 0 Å². The van der Waals surface area contributed by atoms with E-state index in [1.165, 1.54) is 5.69 Å². The van der Waals surface area contributed by atoms with Gasteiger partial charge in [-0.3, -0.25) is 4.57 Å². The number of anilines is 1. The van der Waals surface area contributed by atoms with Crippen LogP contribution in [-0.4, -0.2) is 43.0 Å². The monoisotopic (exact) mass is 309 g/mol. The summed E-state index contributed by atoms with van der Waals surface area (Å²) >= 11 is 0. The molecule has 1 aliphatic heterocycles. The Kier molecular flexibility index (Phi) is 3.63. The van der Waals surface area contributed by atoms with Crippen LogP contribution in [0.25, 0.3) is 16.7 Å². The molecule has 23 heavy (non-hydrogen) atoms. The fraction of sp³-hybridized carbons (Fsp3) is 0.278. The molecule has 2 aromatic carbocycles. The molecule has 0 bridgehead atoms. The average Bonchev–Trinajstić information content (AvgIpc) is 3.05. The van der Waals surface area contributed by atoms with E-state index in [0.29, 0.717) is 0 Å². The Hall–Kier alpha value is -2.53. The van der Waals surface area contributed by atoms with Crippen LogP contribution in [-0.2, 0) is 4.74 Å². The minimum Gasteiger partial charge on any atom is -0.497 e. The van der Waals surface area contributed by atoms with Crippen LogP contribution in [0.5, 0.6) is 5.75 Å². The molecule has 0 aliphatic carbocycles. The molecule has 0 unspecified atom stereocenters. The van der Waals surface area contributed by atoms with Crippen molar-refractivity contribution in [1.82, 2.24) is 9.55 Å². The van der Waals surface area contributed by atoms with Gasteiger partial charge in [0.1, 0.15) is 12.1 Å². The molecule has 1 fully saturated rings. The summed E-state index contributed by atoms with van der Waals surface area (Å²) in [5, 5.41) is 0. The summed E-state index contributed by atoms with van der Waals surface area (Å²) < 4.78 is 12.7. The van der Waals surface area contributed by atoms with Crippen LogP contribution in [0.15, 0.2) is 48.8 Å². The van der Waals surface area contributed by atoms with Crippen molar-refractivity contribution in [1.29, 1.82) is 0 Å². The van der Waals surface area contributed by atoms with Crippen LogP contribution in [0.2, 0.25) is 0 Å². The number of rotatable bonds is 3. The van der Waals surface area contributed by atoms with E-state index in [1.807, 2.05) is 30.6 Å². The maximum Gasteiger partial charge on any atom is 0.119 e. The quantitative estimate of drug-likeness (QED) is 0.746. The summed E-state index contributed by atoms with van der Waals surface area (Å²) in [6.07, 6.45) is 1.87. The zero-order chi connectivity index (χ0) is 15.6. The van der Waals surface area contributed by atoms with E-state index >= 15 is 0 Å². The molecule has 0 amide bonds. The number of ether oxygens (including phenoxy) is 2. The van der Waals surface area contributed by atoms with E-state index in [9.17, 15) is 0 Å². The van der Waals surface area contributed by atoms with E-state index in [0.717, 1.165) is 48.8 Å². The van der Waals surface area contributed by atoms with Gasteiger partial charge < -0.3 is 14.4 Å². The number of aromatic nitrogens is 2. The number of morpholine rings is 1. The van der Waals surface area contributed by atoms with Crippen LogP contribution >= 0.6 is 0 Å². The highest BCUT2D eigenvalue weighted by molar-refractivity contribution is 5.81. The third kappa shape index (κ3) is 2.64. The fourth-order valence-electron chi connectivity index (χ4n) is 2.97. The molecule has 1 aliphatic rings. The molecule has 5 heteroatoms. The predicted octanol–water partition coefficient (Wildman–Crippen LogP) is 2.87. The van der Waals surface area contributed by atoms with E-state index in [4.69, 9.17) is 9.47 Å². The van der Waals surface area contributed by atoms with Crippen molar-refractivity contribution in [2.24, 2.45) is 0 Å². The number of fused-ring (bicyclic) bond motifs is 1. The van der Waals surface area contributed by atoms with Crippen LogP contribution in [0.4, 0.5) is 5.69 Å². The lowest BCUT2D eigenvalue weighted by molar-refractivity contribution is 0.122. The Morgan fingerprint density at radius 3 is 2.48 bits per heavy atom. The molecule has 0 spiro atoms. The van der Waals surface area contributed by atoms with Crippen LogP contribution in [0.3, 0.4) is 0 Å². The number of hydrogen-bond acceptors (Lipinski definition) is 4. The number of benzene rings is 2. The smallest absolute Gasteiger partial charge is 0.119 e. The average molecular weight is 309 g/mol. The summed E-state index contributed by atoms with van der Waals surface area (Å²) in [4.78, 5) is 6.91. The number of hydrogen-bond donors (Lipinski definition) is 0. The Morgan fingerprint density at radius 1 is 1.00 bits per heavy atom. The Morgan fingerprint density at radius 2 is 1.74 bits per heavy atom. The molecular formula is C18H19N3O2. The van der Waals surface area contributed by atoms with Gasteiger partial charge in [-0.1, -0.05) is 0 Å². The van der Waals surface area contributed by atoms with Gasteiger partial charge in [-0.05, 0) is 42.5 Å². The lowest BCUT2D eigenvalue weighted by Gasteiger charge is -2.28. The zero-order valence-corrected chi connectivity index (χ0v) is 13.1. The van der Waals surface area contributed by atoms with Gasteiger partial charge in [-0.25, -0.2) is 4.98 Å². The molecule has 5 nitrogen and oxygen atoms in total. The first kappa shape index (κ1) is 14.1. The van der Waals surface area contributed by atoms with Gasteiger partial charge in [0.2, 0.25) is 0 Å². The van der Waals surface area contributed by atoms with Crippen molar-refractivity contribution >= 4 is 16.7 Å². The maximum absolute atomic E-state index is 5.42. The first-order valence-electron chi connectivity index (χ1n) is 7.79. The van der Waals surface area contributed by atoms with Gasteiger partial charge >= 0.3 is 0 Å². The second-order valence-electron chi connectivity index (χ2n) is 5.59.